The van der Waals surface area contributed by atoms with Gasteiger partial charge in [0.25, 0.3) is 0 Å². The number of rotatable bonds is 0. The Kier molecular flexibility index (Phi) is 1.51. The van der Waals surface area contributed by atoms with Gasteiger partial charge < -0.3 is 9.55 Å². The van der Waals surface area contributed by atoms with Gasteiger partial charge in [-0.25, -0.2) is 4.98 Å². The molecule has 0 saturated heterocycles. The molecule has 3 nitrogen and oxygen atoms in total. The largest absolute Gasteiger partial charge is 0.329 e. The molecule has 12 heavy (non-hydrogen) atoms. The van der Waals surface area contributed by atoms with Crippen LogP contribution in [0.25, 0.3) is 11.2 Å². The standard InChI is InChI=1S/C8H9N3S/c1-5-3-4-6-7(9-5)11(2)8(12)10-6/h3-4H,1-2H3,(H,10,12). The van der Waals surface area contributed by atoms with Crippen LogP contribution in [0.5, 0.6) is 0 Å². The quantitative estimate of drug-likeness (QED) is 0.627. The molecule has 0 radical (unpaired) electrons. The summed E-state index contributed by atoms with van der Waals surface area (Å²) in [6.07, 6.45) is 0. The summed E-state index contributed by atoms with van der Waals surface area (Å²) in [5, 5.41) is 0. The van der Waals surface area contributed by atoms with Gasteiger partial charge in [-0.2, -0.15) is 0 Å². The van der Waals surface area contributed by atoms with Crippen LogP contribution in [-0.2, 0) is 7.05 Å². The van der Waals surface area contributed by atoms with E-state index in [-0.39, 0.29) is 0 Å². The highest BCUT2D eigenvalue weighted by atomic mass is 32.1. The summed E-state index contributed by atoms with van der Waals surface area (Å²) in [5.41, 5.74) is 2.92. The lowest BCUT2D eigenvalue weighted by molar-refractivity contribution is 0.908. The molecule has 62 valence electrons. The van der Waals surface area contributed by atoms with E-state index in [0.29, 0.717) is 4.77 Å². The van der Waals surface area contributed by atoms with E-state index >= 15 is 0 Å². The van der Waals surface area contributed by atoms with Gasteiger partial charge in [-0.1, -0.05) is 0 Å². The fourth-order valence-corrected chi connectivity index (χ4v) is 1.39. The van der Waals surface area contributed by atoms with Crippen LogP contribution in [0.2, 0.25) is 0 Å². The van der Waals surface area contributed by atoms with Crippen LogP contribution in [0.15, 0.2) is 12.1 Å². The Morgan fingerprint density at radius 3 is 3.00 bits per heavy atom. The topological polar surface area (TPSA) is 33.6 Å². The monoisotopic (exact) mass is 179 g/mol. The van der Waals surface area contributed by atoms with E-state index in [1.165, 1.54) is 0 Å². The SMILES string of the molecule is Cc1ccc2[nH]c(=S)n(C)c2n1. The molecular weight excluding hydrogens is 170 g/mol. The fourth-order valence-electron chi connectivity index (χ4n) is 1.19. The van der Waals surface area contributed by atoms with Crippen molar-refractivity contribution in [1.82, 2.24) is 14.5 Å². The van der Waals surface area contributed by atoms with Crippen LogP contribution < -0.4 is 0 Å². The first kappa shape index (κ1) is 7.49. The van der Waals surface area contributed by atoms with E-state index in [1.54, 1.807) is 0 Å². The lowest BCUT2D eigenvalue weighted by Gasteiger charge is -1.94. The molecule has 0 atom stereocenters. The number of aromatic amines is 1. The summed E-state index contributed by atoms with van der Waals surface area (Å²) in [6, 6.07) is 3.96. The lowest BCUT2D eigenvalue weighted by Crippen LogP contribution is -1.90. The van der Waals surface area contributed by atoms with E-state index < -0.39 is 0 Å². The molecule has 0 aromatic carbocycles. The van der Waals surface area contributed by atoms with E-state index in [1.807, 2.05) is 30.7 Å². The maximum Gasteiger partial charge on any atom is 0.179 e. The molecule has 0 saturated carbocycles. The van der Waals surface area contributed by atoms with Crippen molar-refractivity contribution < 1.29 is 0 Å². The average molecular weight is 179 g/mol. The maximum atomic E-state index is 5.06. The first-order valence-electron chi connectivity index (χ1n) is 3.71. The molecule has 0 aliphatic rings. The van der Waals surface area contributed by atoms with Gasteiger partial charge in [0, 0.05) is 12.7 Å². The van der Waals surface area contributed by atoms with Gasteiger partial charge in [0.2, 0.25) is 0 Å². The molecule has 0 aliphatic heterocycles. The van der Waals surface area contributed by atoms with E-state index in [0.717, 1.165) is 16.9 Å². The number of aryl methyl sites for hydroxylation is 2. The molecule has 0 spiro atoms. The number of imidazole rings is 1. The average Bonchev–Trinajstić information content (AvgIpc) is 2.31. The fraction of sp³-hybridized carbons (Fsp3) is 0.250. The van der Waals surface area contributed by atoms with Gasteiger partial charge in [-0.3, -0.25) is 0 Å². The first-order chi connectivity index (χ1) is 5.68. The van der Waals surface area contributed by atoms with Crippen LogP contribution >= 0.6 is 12.2 Å². The molecule has 0 fully saturated rings. The molecule has 0 unspecified atom stereocenters. The summed E-state index contributed by atoms with van der Waals surface area (Å²) in [7, 11) is 1.91. The number of nitrogens with one attached hydrogen (secondary N) is 1. The summed E-state index contributed by atoms with van der Waals surface area (Å²) in [5.74, 6) is 0. The molecule has 2 heterocycles. The summed E-state index contributed by atoms with van der Waals surface area (Å²) < 4.78 is 2.58. The molecule has 0 aliphatic carbocycles. The molecule has 2 aromatic rings. The Bertz CT molecular complexity index is 480. The Labute approximate surface area is 75.1 Å². The second-order valence-electron chi connectivity index (χ2n) is 2.81. The van der Waals surface area contributed by atoms with Crippen LogP contribution in [0.4, 0.5) is 0 Å². The van der Waals surface area contributed by atoms with Crippen molar-refractivity contribution in [3.8, 4) is 0 Å². The minimum absolute atomic E-state index is 0.711. The number of pyridine rings is 1. The molecule has 4 heteroatoms. The van der Waals surface area contributed by atoms with Crippen LogP contribution in [0.3, 0.4) is 0 Å². The van der Waals surface area contributed by atoms with Gasteiger partial charge in [-0.15, -0.1) is 0 Å². The van der Waals surface area contributed by atoms with Gasteiger partial charge in [-0.05, 0) is 31.3 Å². The van der Waals surface area contributed by atoms with Crippen molar-refractivity contribution in [2.45, 2.75) is 6.92 Å². The second kappa shape index (κ2) is 2.42. The summed E-state index contributed by atoms with van der Waals surface area (Å²) in [6.45, 7) is 1.97. The third-order valence-corrected chi connectivity index (χ3v) is 2.25. The number of hydrogen-bond acceptors (Lipinski definition) is 2. The van der Waals surface area contributed by atoms with Gasteiger partial charge in [0.1, 0.15) is 0 Å². The predicted molar refractivity (Wildman–Crippen MR) is 50.6 cm³/mol. The van der Waals surface area contributed by atoms with E-state index in [9.17, 15) is 0 Å². The number of aromatic nitrogens is 3. The molecule has 2 rings (SSSR count). The highest BCUT2D eigenvalue weighted by molar-refractivity contribution is 7.71. The highest BCUT2D eigenvalue weighted by Crippen LogP contribution is 2.09. The third-order valence-electron chi connectivity index (χ3n) is 1.88. The molecular formula is C8H9N3S. The first-order valence-corrected chi connectivity index (χ1v) is 4.11. The van der Waals surface area contributed by atoms with E-state index in [2.05, 4.69) is 9.97 Å². The lowest BCUT2D eigenvalue weighted by atomic mass is 10.3. The molecule has 1 N–H and O–H groups in total. The number of nitrogens with zero attached hydrogens (tertiary/aromatic N) is 2. The zero-order valence-corrected chi connectivity index (χ0v) is 7.77. The summed E-state index contributed by atoms with van der Waals surface area (Å²) >= 11 is 5.06. The Morgan fingerprint density at radius 1 is 1.50 bits per heavy atom. The van der Waals surface area contributed by atoms with Gasteiger partial charge in [0.05, 0.1) is 5.52 Å². The van der Waals surface area contributed by atoms with Crippen molar-refractivity contribution >= 4 is 23.4 Å². The summed E-state index contributed by atoms with van der Waals surface area (Å²) in [4.78, 5) is 7.43. The van der Waals surface area contributed by atoms with Crippen LogP contribution in [0, 0.1) is 11.7 Å². The van der Waals surface area contributed by atoms with Crippen molar-refractivity contribution in [2.75, 3.05) is 0 Å². The van der Waals surface area contributed by atoms with Crippen LogP contribution in [-0.4, -0.2) is 14.5 Å². The van der Waals surface area contributed by atoms with Crippen molar-refractivity contribution in [3.63, 3.8) is 0 Å². The Morgan fingerprint density at radius 2 is 2.25 bits per heavy atom. The number of H-pyrrole nitrogens is 1. The second-order valence-corrected chi connectivity index (χ2v) is 3.20. The van der Waals surface area contributed by atoms with Gasteiger partial charge in [0.15, 0.2) is 10.4 Å². The van der Waals surface area contributed by atoms with Crippen LogP contribution in [0.1, 0.15) is 5.69 Å². The maximum absolute atomic E-state index is 5.06. The smallest absolute Gasteiger partial charge is 0.179 e. The minimum atomic E-state index is 0.711. The zero-order valence-electron chi connectivity index (χ0n) is 6.96. The Balaban J connectivity index is 2.98. The zero-order chi connectivity index (χ0) is 8.72. The normalized spacial score (nSPS) is 10.8. The van der Waals surface area contributed by atoms with Crippen molar-refractivity contribution in [3.05, 3.63) is 22.6 Å². The molecule has 0 amide bonds. The molecule has 2 aromatic heterocycles. The number of hydrogen-bond donors (Lipinski definition) is 1. The Hall–Kier alpha value is -1.16. The van der Waals surface area contributed by atoms with Crippen molar-refractivity contribution in [1.29, 1.82) is 0 Å². The van der Waals surface area contributed by atoms with E-state index in [4.69, 9.17) is 12.2 Å². The predicted octanol–water partition coefficient (Wildman–Crippen LogP) is 1.94. The van der Waals surface area contributed by atoms with Crippen molar-refractivity contribution in [2.24, 2.45) is 7.05 Å². The number of fused-ring (bicyclic) bond motifs is 1. The van der Waals surface area contributed by atoms with Gasteiger partial charge >= 0.3 is 0 Å². The molecule has 0 bridgehead atoms. The minimum Gasteiger partial charge on any atom is -0.329 e. The third kappa shape index (κ3) is 0.956. The highest BCUT2D eigenvalue weighted by Gasteiger charge is 2.00.